The molecule has 1 aromatic heterocycles. The van der Waals surface area contributed by atoms with Gasteiger partial charge in [0, 0.05) is 16.3 Å². The van der Waals surface area contributed by atoms with Crippen molar-refractivity contribution in [3.05, 3.63) is 77.0 Å². The van der Waals surface area contributed by atoms with Gasteiger partial charge in [0.2, 0.25) is 0 Å². The molecule has 10 heteroatoms. The fourth-order valence-electron chi connectivity index (χ4n) is 2.39. The first-order chi connectivity index (χ1) is 14.2. The van der Waals surface area contributed by atoms with Crippen molar-refractivity contribution < 1.29 is 27.2 Å². The molecule has 0 saturated heterocycles. The van der Waals surface area contributed by atoms with Gasteiger partial charge in [0.25, 0.3) is 0 Å². The number of carbonyl (C=O) groups excluding carboxylic acids is 2. The van der Waals surface area contributed by atoms with Crippen molar-refractivity contribution in [2.24, 2.45) is 5.10 Å². The quantitative estimate of drug-likeness (QED) is 0.354. The number of carbonyl (C=O) groups is 2. The second kappa shape index (κ2) is 8.83. The van der Waals surface area contributed by atoms with Gasteiger partial charge in [-0.2, -0.15) is 18.3 Å². The molecule has 0 aliphatic carbocycles. The van der Waals surface area contributed by atoms with Crippen molar-refractivity contribution in [2.75, 3.05) is 5.32 Å². The number of furan rings is 1. The molecule has 2 amide bonds. The van der Waals surface area contributed by atoms with E-state index in [9.17, 15) is 22.8 Å². The predicted molar refractivity (Wildman–Crippen MR) is 105 cm³/mol. The number of benzene rings is 2. The fraction of sp³-hybridized carbons (Fsp3) is 0.0500. The maximum Gasteiger partial charge on any atom is 0.416 e. The van der Waals surface area contributed by atoms with E-state index in [1.807, 2.05) is 5.43 Å². The molecule has 0 saturated carbocycles. The maximum atomic E-state index is 12.7. The van der Waals surface area contributed by atoms with Gasteiger partial charge in [-0.15, -0.1) is 0 Å². The standard InChI is InChI=1S/C20H13ClF3N3O3/c21-14-5-1-3-12(9-14)17-8-7-16(30-17)11-25-27-19(29)18(28)26-15-6-2-4-13(10-15)20(22,23)24/h1-11H,(H,26,28)(H,27,29)/b25-11-. The summed E-state index contributed by atoms with van der Waals surface area (Å²) in [5.41, 5.74) is 1.58. The minimum atomic E-state index is -4.57. The summed E-state index contributed by atoms with van der Waals surface area (Å²) < 4.78 is 43.6. The van der Waals surface area contributed by atoms with E-state index in [4.69, 9.17) is 16.0 Å². The molecule has 2 aromatic carbocycles. The molecule has 0 bridgehead atoms. The van der Waals surface area contributed by atoms with Gasteiger partial charge in [0.1, 0.15) is 11.5 Å². The largest absolute Gasteiger partial charge is 0.455 e. The zero-order valence-electron chi connectivity index (χ0n) is 15.0. The van der Waals surface area contributed by atoms with Crippen LogP contribution in [0, 0.1) is 0 Å². The number of nitrogens with zero attached hydrogens (tertiary/aromatic N) is 1. The van der Waals surface area contributed by atoms with Crippen LogP contribution < -0.4 is 10.7 Å². The summed E-state index contributed by atoms with van der Waals surface area (Å²) in [6.07, 6.45) is -3.40. The first kappa shape index (κ1) is 21.1. The van der Waals surface area contributed by atoms with E-state index in [0.29, 0.717) is 22.6 Å². The van der Waals surface area contributed by atoms with Crippen molar-refractivity contribution >= 4 is 35.3 Å². The lowest BCUT2D eigenvalue weighted by Gasteiger charge is -2.09. The lowest BCUT2D eigenvalue weighted by molar-refractivity contribution is -0.137. The topological polar surface area (TPSA) is 83.7 Å². The van der Waals surface area contributed by atoms with Crippen molar-refractivity contribution in [3.8, 4) is 11.3 Å². The summed E-state index contributed by atoms with van der Waals surface area (Å²) in [6, 6.07) is 14.2. The van der Waals surface area contributed by atoms with E-state index in [-0.39, 0.29) is 5.69 Å². The third-order valence-corrected chi connectivity index (χ3v) is 3.98. The highest BCUT2D eigenvalue weighted by atomic mass is 35.5. The monoisotopic (exact) mass is 435 g/mol. The van der Waals surface area contributed by atoms with Gasteiger partial charge in [0.15, 0.2) is 0 Å². The Morgan fingerprint density at radius 2 is 1.77 bits per heavy atom. The number of hydrazone groups is 1. The second-order valence-electron chi connectivity index (χ2n) is 5.94. The molecule has 0 unspecified atom stereocenters. The molecule has 0 radical (unpaired) electrons. The van der Waals surface area contributed by atoms with Crippen LogP contribution in [-0.2, 0) is 15.8 Å². The number of anilines is 1. The predicted octanol–water partition coefficient (Wildman–Crippen LogP) is 4.71. The zero-order valence-corrected chi connectivity index (χ0v) is 15.8. The highest BCUT2D eigenvalue weighted by Crippen LogP contribution is 2.30. The number of amides is 2. The number of nitrogens with one attached hydrogen (secondary N) is 2. The third-order valence-electron chi connectivity index (χ3n) is 3.75. The summed E-state index contributed by atoms with van der Waals surface area (Å²) in [4.78, 5) is 23.6. The molecule has 0 aliphatic heterocycles. The van der Waals surface area contributed by atoms with E-state index < -0.39 is 23.6 Å². The Labute approximate surface area is 173 Å². The van der Waals surface area contributed by atoms with Gasteiger partial charge >= 0.3 is 18.0 Å². The van der Waals surface area contributed by atoms with Crippen LogP contribution in [0.3, 0.4) is 0 Å². The van der Waals surface area contributed by atoms with E-state index >= 15 is 0 Å². The molecule has 3 aromatic rings. The SMILES string of the molecule is O=C(N/N=C\c1ccc(-c2cccc(Cl)c2)o1)C(=O)Nc1cccc(C(F)(F)F)c1. The highest BCUT2D eigenvalue weighted by Gasteiger charge is 2.30. The Balaban J connectivity index is 1.58. The number of hydrogen-bond acceptors (Lipinski definition) is 4. The van der Waals surface area contributed by atoms with E-state index in [0.717, 1.165) is 17.7 Å². The Hall–Kier alpha value is -3.59. The van der Waals surface area contributed by atoms with Crippen LogP contribution in [0.15, 0.2) is 70.2 Å². The highest BCUT2D eigenvalue weighted by molar-refractivity contribution is 6.39. The molecule has 0 aliphatic rings. The number of alkyl halides is 3. The van der Waals surface area contributed by atoms with E-state index in [1.54, 1.807) is 36.4 Å². The molecule has 2 N–H and O–H groups in total. The number of hydrogen-bond donors (Lipinski definition) is 2. The van der Waals surface area contributed by atoms with Crippen LogP contribution in [0.1, 0.15) is 11.3 Å². The van der Waals surface area contributed by atoms with Crippen molar-refractivity contribution in [1.82, 2.24) is 5.43 Å². The Morgan fingerprint density at radius 3 is 2.50 bits per heavy atom. The summed E-state index contributed by atoms with van der Waals surface area (Å²) in [5.74, 6) is -1.52. The second-order valence-corrected chi connectivity index (χ2v) is 6.38. The molecule has 0 spiro atoms. The van der Waals surface area contributed by atoms with Crippen LogP contribution >= 0.6 is 11.6 Å². The third kappa shape index (κ3) is 5.48. The van der Waals surface area contributed by atoms with Crippen LogP contribution in [0.5, 0.6) is 0 Å². The summed E-state index contributed by atoms with van der Waals surface area (Å²) >= 11 is 5.93. The Morgan fingerprint density at radius 1 is 1.00 bits per heavy atom. The first-order valence-electron chi connectivity index (χ1n) is 8.40. The van der Waals surface area contributed by atoms with Gasteiger partial charge in [-0.05, 0) is 42.5 Å². The van der Waals surface area contributed by atoms with Gasteiger partial charge < -0.3 is 9.73 Å². The van der Waals surface area contributed by atoms with Crippen LogP contribution in [0.4, 0.5) is 18.9 Å². The molecular weight excluding hydrogens is 423 g/mol. The zero-order chi connectivity index (χ0) is 21.7. The van der Waals surface area contributed by atoms with Crippen LogP contribution in [0.25, 0.3) is 11.3 Å². The van der Waals surface area contributed by atoms with Crippen molar-refractivity contribution in [3.63, 3.8) is 0 Å². The average Bonchev–Trinajstić information content (AvgIpc) is 3.16. The Bertz CT molecular complexity index is 1110. The summed E-state index contributed by atoms with van der Waals surface area (Å²) in [6.45, 7) is 0. The molecule has 0 atom stereocenters. The molecule has 3 rings (SSSR count). The van der Waals surface area contributed by atoms with E-state index in [1.165, 1.54) is 12.3 Å². The average molecular weight is 436 g/mol. The van der Waals surface area contributed by atoms with Gasteiger partial charge in [-0.25, -0.2) is 5.43 Å². The lowest BCUT2D eigenvalue weighted by Crippen LogP contribution is -2.32. The van der Waals surface area contributed by atoms with Gasteiger partial charge in [-0.1, -0.05) is 29.8 Å². The van der Waals surface area contributed by atoms with Crippen molar-refractivity contribution in [2.45, 2.75) is 6.18 Å². The molecule has 6 nitrogen and oxygen atoms in total. The fourth-order valence-corrected chi connectivity index (χ4v) is 2.58. The number of rotatable bonds is 4. The summed E-state index contributed by atoms with van der Waals surface area (Å²) in [7, 11) is 0. The molecular formula is C20H13ClF3N3O3. The molecule has 30 heavy (non-hydrogen) atoms. The maximum absolute atomic E-state index is 12.7. The molecule has 0 fully saturated rings. The number of halogens is 4. The first-order valence-corrected chi connectivity index (χ1v) is 8.77. The minimum Gasteiger partial charge on any atom is -0.455 e. The molecule has 1 heterocycles. The minimum absolute atomic E-state index is 0.175. The van der Waals surface area contributed by atoms with Crippen LogP contribution in [0.2, 0.25) is 5.02 Å². The van der Waals surface area contributed by atoms with Crippen LogP contribution in [-0.4, -0.2) is 18.0 Å². The molecule has 154 valence electrons. The normalized spacial score (nSPS) is 11.5. The summed E-state index contributed by atoms with van der Waals surface area (Å²) in [5, 5.41) is 6.21. The van der Waals surface area contributed by atoms with E-state index in [2.05, 4.69) is 10.4 Å². The Kier molecular flexibility index (Phi) is 6.22. The lowest BCUT2D eigenvalue weighted by atomic mass is 10.2. The smallest absolute Gasteiger partial charge is 0.416 e. The van der Waals surface area contributed by atoms with Gasteiger partial charge in [0.05, 0.1) is 11.8 Å². The van der Waals surface area contributed by atoms with Gasteiger partial charge in [-0.3, -0.25) is 9.59 Å². The van der Waals surface area contributed by atoms with Crippen molar-refractivity contribution in [1.29, 1.82) is 0 Å².